The summed E-state index contributed by atoms with van der Waals surface area (Å²) in [5.74, 6) is 2.36. The van der Waals surface area contributed by atoms with E-state index in [4.69, 9.17) is 24.0 Å². The monoisotopic (exact) mass is 518 g/mol. The number of benzene rings is 1. The summed E-state index contributed by atoms with van der Waals surface area (Å²) in [5.41, 5.74) is 0.515. The quantitative estimate of drug-likeness (QED) is 0.407. The Labute approximate surface area is 208 Å². The van der Waals surface area contributed by atoms with Crippen LogP contribution in [0.25, 0.3) is 10.8 Å². The molecule has 11 nitrogen and oxygen atoms in total. The van der Waals surface area contributed by atoms with Crippen LogP contribution < -0.4 is 24.7 Å². The molecule has 1 aromatic carbocycles. The number of piperidine rings is 1. The highest BCUT2D eigenvalue weighted by molar-refractivity contribution is 7.51. The van der Waals surface area contributed by atoms with Gasteiger partial charge in [0.05, 0.1) is 40.2 Å². The van der Waals surface area contributed by atoms with Gasteiger partial charge < -0.3 is 28.9 Å². The third-order valence-electron chi connectivity index (χ3n) is 6.53. The van der Waals surface area contributed by atoms with Crippen molar-refractivity contribution in [3.63, 3.8) is 0 Å². The molecule has 194 valence electrons. The number of hydrogen-bond acceptors (Lipinski definition) is 8. The van der Waals surface area contributed by atoms with Gasteiger partial charge in [-0.15, -0.1) is 0 Å². The molecule has 1 aliphatic rings. The van der Waals surface area contributed by atoms with Crippen molar-refractivity contribution in [3.8, 4) is 17.4 Å². The van der Waals surface area contributed by atoms with Crippen LogP contribution in [0.4, 0.5) is 5.82 Å². The summed E-state index contributed by atoms with van der Waals surface area (Å²) in [4.78, 5) is 38.3. The van der Waals surface area contributed by atoms with Crippen molar-refractivity contribution in [3.05, 3.63) is 46.4 Å². The second-order valence-electron chi connectivity index (χ2n) is 8.86. The highest BCUT2D eigenvalue weighted by Crippen LogP contribution is 2.38. The Morgan fingerprint density at radius 2 is 1.78 bits per heavy atom. The fourth-order valence-corrected chi connectivity index (χ4v) is 5.23. The fraction of sp³-hybridized carbons (Fsp3) is 0.458. The minimum absolute atomic E-state index is 0.0824. The van der Waals surface area contributed by atoms with Gasteiger partial charge in [-0.3, -0.25) is 9.36 Å². The molecule has 1 saturated heterocycles. The predicted molar refractivity (Wildman–Crippen MR) is 135 cm³/mol. The first-order valence-electron chi connectivity index (χ1n) is 11.7. The summed E-state index contributed by atoms with van der Waals surface area (Å²) in [6.45, 7) is 1.65. The molecule has 0 atom stereocenters. The molecule has 1 aliphatic heterocycles. The van der Waals surface area contributed by atoms with Crippen LogP contribution in [-0.4, -0.2) is 65.1 Å². The van der Waals surface area contributed by atoms with Crippen LogP contribution >= 0.6 is 7.60 Å². The van der Waals surface area contributed by atoms with Gasteiger partial charge in [0, 0.05) is 18.5 Å². The van der Waals surface area contributed by atoms with E-state index in [1.54, 1.807) is 32.5 Å². The van der Waals surface area contributed by atoms with E-state index in [0.717, 1.165) is 18.4 Å². The van der Waals surface area contributed by atoms with E-state index in [1.165, 1.54) is 11.8 Å². The number of methoxy groups -OCH3 is 3. The Hall–Kier alpha value is -3.14. The second-order valence-corrected chi connectivity index (χ2v) is 10.6. The molecule has 0 bridgehead atoms. The minimum atomic E-state index is -3.98. The number of fused-ring (bicyclic) bond motifs is 1. The standard InChI is InChI=1S/C24H31N4O7P/c1-33-19-5-4-17(12-20(19)34-2)15-28-24(29)22-18(14-25-28)13-21(26-23(22)35-3)27-9-6-16(7-10-27)8-11-36(30,31)32/h4-5,12-14,16H,6-11,15H2,1-3H3,(H2,30,31,32). The Balaban J connectivity index is 1.56. The van der Waals surface area contributed by atoms with Crippen LogP contribution in [0.1, 0.15) is 24.8 Å². The van der Waals surface area contributed by atoms with Gasteiger partial charge in [-0.05, 0) is 48.9 Å². The normalized spacial score (nSPS) is 14.8. The Kier molecular flexibility index (Phi) is 7.82. The molecule has 36 heavy (non-hydrogen) atoms. The van der Waals surface area contributed by atoms with Gasteiger partial charge in [-0.1, -0.05) is 6.07 Å². The van der Waals surface area contributed by atoms with Gasteiger partial charge in [0.25, 0.3) is 5.56 Å². The molecule has 3 heterocycles. The van der Waals surface area contributed by atoms with Crippen LogP contribution in [0, 0.1) is 5.92 Å². The van der Waals surface area contributed by atoms with Crippen LogP contribution in [0.3, 0.4) is 0 Å². The van der Waals surface area contributed by atoms with Gasteiger partial charge in [0.15, 0.2) is 11.5 Å². The van der Waals surface area contributed by atoms with Crippen molar-refractivity contribution in [1.82, 2.24) is 14.8 Å². The lowest BCUT2D eigenvalue weighted by Gasteiger charge is -2.33. The molecule has 0 amide bonds. The van der Waals surface area contributed by atoms with Gasteiger partial charge >= 0.3 is 7.60 Å². The molecule has 1 fully saturated rings. The Morgan fingerprint density at radius 3 is 2.42 bits per heavy atom. The molecule has 0 unspecified atom stereocenters. The molecule has 12 heteroatoms. The number of anilines is 1. The van der Waals surface area contributed by atoms with Crippen molar-refractivity contribution < 1.29 is 28.6 Å². The van der Waals surface area contributed by atoms with Crippen LogP contribution in [0.5, 0.6) is 17.4 Å². The molecular formula is C24H31N4O7P. The molecule has 0 saturated carbocycles. The number of aromatic nitrogens is 3. The number of pyridine rings is 1. The van der Waals surface area contributed by atoms with E-state index in [0.29, 0.717) is 47.6 Å². The number of rotatable bonds is 9. The van der Waals surface area contributed by atoms with E-state index in [-0.39, 0.29) is 30.1 Å². The SMILES string of the molecule is COc1ccc(Cn2ncc3cc(N4CCC(CCP(=O)(O)O)CC4)nc(OC)c3c2=O)cc1OC. The average molecular weight is 519 g/mol. The smallest absolute Gasteiger partial charge is 0.325 e. The number of ether oxygens (including phenoxy) is 3. The van der Waals surface area contributed by atoms with E-state index < -0.39 is 7.60 Å². The van der Waals surface area contributed by atoms with Gasteiger partial charge in [0.1, 0.15) is 11.2 Å². The average Bonchev–Trinajstić information content (AvgIpc) is 2.88. The Bertz CT molecular complexity index is 1330. The highest BCUT2D eigenvalue weighted by Gasteiger charge is 2.24. The van der Waals surface area contributed by atoms with Crippen molar-refractivity contribution in [2.24, 2.45) is 5.92 Å². The molecular weight excluding hydrogens is 487 g/mol. The maximum absolute atomic E-state index is 13.3. The number of hydrogen-bond donors (Lipinski definition) is 2. The van der Waals surface area contributed by atoms with Crippen LogP contribution in [-0.2, 0) is 11.1 Å². The lowest BCUT2D eigenvalue weighted by molar-refractivity contribution is 0.349. The lowest BCUT2D eigenvalue weighted by atomic mass is 9.94. The van der Waals surface area contributed by atoms with Crippen LogP contribution in [0.15, 0.2) is 35.3 Å². The molecule has 0 radical (unpaired) electrons. The zero-order valence-electron chi connectivity index (χ0n) is 20.6. The summed E-state index contributed by atoms with van der Waals surface area (Å²) >= 11 is 0. The first kappa shape index (κ1) is 25.9. The van der Waals surface area contributed by atoms with Crippen molar-refractivity contribution in [2.75, 3.05) is 45.5 Å². The molecule has 2 N–H and O–H groups in total. The summed E-state index contributed by atoms with van der Waals surface area (Å²) in [6.07, 6.45) is 3.69. The van der Waals surface area contributed by atoms with E-state index in [1.807, 2.05) is 12.1 Å². The zero-order chi connectivity index (χ0) is 25.9. The highest BCUT2D eigenvalue weighted by atomic mass is 31.2. The molecule has 3 aromatic rings. The van der Waals surface area contributed by atoms with Crippen molar-refractivity contribution in [1.29, 1.82) is 0 Å². The van der Waals surface area contributed by atoms with Gasteiger partial charge in [-0.25, -0.2) is 4.68 Å². The van der Waals surface area contributed by atoms with E-state index in [9.17, 15) is 9.36 Å². The Morgan fingerprint density at radius 1 is 1.06 bits per heavy atom. The third kappa shape index (κ3) is 5.80. The van der Waals surface area contributed by atoms with Crippen LogP contribution in [0.2, 0.25) is 0 Å². The summed E-state index contributed by atoms with van der Waals surface area (Å²) in [5, 5.41) is 5.37. The fourth-order valence-electron chi connectivity index (χ4n) is 4.53. The first-order valence-corrected chi connectivity index (χ1v) is 13.5. The third-order valence-corrected chi connectivity index (χ3v) is 7.37. The van der Waals surface area contributed by atoms with E-state index in [2.05, 4.69) is 15.0 Å². The summed E-state index contributed by atoms with van der Waals surface area (Å²) < 4.78 is 28.7. The first-order chi connectivity index (χ1) is 17.2. The zero-order valence-corrected chi connectivity index (χ0v) is 21.5. The maximum atomic E-state index is 13.3. The van der Waals surface area contributed by atoms with Gasteiger partial charge in [-0.2, -0.15) is 10.1 Å². The topological polar surface area (TPSA) is 136 Å². The van der Waals surface area contributed by atoms with Crippen molar-refractivity contribution >= 4 is 24.2 Å². The summed E-state index contributed by atoms with van der Waals surface area (Å²) in [6, 6.07) is 7.27. The maximum Gasteiger partial charge on any atom is 0.325 e. The molecule has 0 spiro atoms. The summed E-state index contributed by atoms with van der Waals surface area (Å²) in [7, 11) is 0.630. The largest absolute Gasteiger partial charge is 0.493 e. The lowest BCUT2D eigenvalue weighted by Crippen LogP contribution is -2.34. The second kappa shape index (κ2) is 10.9. The van der Waals surface area contributed by atoms with Gasteiger partial charge in [0.2, 0.25) is 5.88 Å². The van der Waals surface area contributed by atoms with E-state index >= 15 is 0 Å². The molecule has 4 rings (SSSR count). The molecule has 0 aliphatic carbocycles. The molecule has 2 aromatic heterocycles. The van der Waals surface area contributed by atoms with Crippen molar-refractivity contribution in [2.45, 2.75) is 25.8 Å². The minimum Gasteiger partial charge on any atom is -0.493 e. The predicted octanol–water partition coefficient (Wildman–Crippen LogP) is 2.65. The number of nitrogens with zero attached hydrogens (tertiary/aromatic N) is 4.